The van der Waals surface area contributed by atoms with Gasteiger partial charge in [-0.15, -0.1) is 0 Å². The highest BCUT2D eigenvalue weighted by Crippen LogP contribution is 2.14. The minimum absolute atomic E-state index is 1.45. The molecule has 0 atom stereocenters. The minimum atomic E-state index is -2.16. The van der Waals surface area contributed by atoms with Crippen molar-refractivity contribution in [2.45, 2.75) is 0 Å². The zero-order chi connectivity index (χ0) is 15.5. The molecule has 3 heteroatoms. The van der Waals surface area contributed by atoms with Crippen LogP contribution in [-0.4, -0.2) is 8.07 Å². The average Bonchev–Trinajstić information content (AvgIpc) is 3.32. The zero-order valence-corrected chi connectivity index (χ0v) is 15.2. The smallest absolute Gasteiger partial charge is 0.152 e. The molecule has 0 unspecified atom stereocenters. The molecular weight excluding hydrogens is 332 g/mol. The normalized spacial score (nSPS) is 11.5. The van der Waals surface area contributed by atoms with Gasteiger partial charge in [0.05, 0.1) is 0 Å². The summed E-state index contributed by atoms with van der Waals surface area (Å²) in [4.78, 5) is 0. The van der Waals surface area contributed by atoms with Crippen LogP contribution in [0, 0.1) is 0 Å². The van der Waals surface area contributed by atoms with Gasteiger partial charge in [-0.3, -0.25) is 0 Å². The Labute approximate surface area is 145 Å². The van der Waals surface area contributed by atoms with E-state index in [9.17, 15) is 0 Å². The first-order valence-electron chi connectivity index (χ1n) is 7.61. The Morgan fingerprint density at radius 3 is 1.26 bits per heavy atom. The van der Waals surface area contributed by atoms with Crippen molar-refractivity contribution in [2.24, 2.45) is 0 Å². The van der Waals surface area contributed by atoms with Gasteiger partial charge < -0.3 is 0 Å². The molecule has 0 N–H and O–H groups in total. The van der Waals surface area contributed by atoms with E-state index in [4.69, 9.17) is 0 Å². The number of hydrogen-bond donors (Lipinski definition) is 0. The van der Waals surface area contributed by atoms with Gasteiger partial charge in [0, 0.05) is 9.00 Å². The molecule has 0 saturated heterocycles. The first-order valence-corrected chi connectivity index (χ1v) is 11.4. The second-order valence-corrected chi connectivity index (χ2v) is 11.8. The summed E-state index contributed by atoms with van der Waals surface area (Å²) in [5.41, 5.74) is 0. The summed E-state index contributed by atoms with van der Waals surface area (Å²) in [6.45, 7) is 0. The highest BCUT2D eigenvalue weighted by atomic mass is 32.1. The molecule has 0 bridgehead atoms. The highest BCUT2D eigenvalue weighted by molar-refractivity contribution is 7.42. The fourth-order valence-corrected chi connectivity index (χ4v) is 12.0. The molecule has 0 aliphatic heterocycles. The van der Waals surface area contributed by atoms with E-state index in [-0.39, 0.29) is 0 Å². The third-order valence-corrected chi connectivity index (χ3v) is 12.3. The minimum Gasteiger partial charge on any atom is -0.152 e. The quantitative estimate of drug-likeness (QED) is 0.497. The molecule has 2 aromatic carbocycles. The first-order chi connectivity index (χ1) is 11.4. The molecule has 0 saturated carbocycles. The number of benzene rings is 2. The van der Waals surface area contributed by atoms with Crippen LogP contribution in [0.2, 0.25) is 0 Å². The van der Waals surface area contributed by atoms with Gasteiger partial charge in [-0.05, 0) is 21.1 Å². The van der Waals surface area contributed by atoms with Crippen LogP contribution >= 0.6 is 22.7 Å². The van der Waals surface area contributed by atoms with E-state index in [1.54, 1.807) is 0 Å². The van der Waals surface area contributed by atoms with Crippen LogP contribution in [0.1, 0.15) is 0 Å². The van der Waals surface area contributed by atoms with Crippen LogP contribution in [0.5, 0.6) is 0 Å². The maximum atomic E-state index is 2.32. The van der Waals surface area contributed by atoms with E-state index in [1.165, 1.54) is 19.4 Å². The fourth-order valence-electron chi connectivity index (χ4n) is 3.22. The molecule has 2 heterocycles. The Bertz CT molecular complexity index is 775. The second-order valence-electron chi connectivity index (χ2n) is 5.44. The summed E-state index contributed by atoms with van der Waals surface area (Å²) < 4.78 is 3.00. The molecule has 4 aromatic rings. The van der Waals surface area contributed by atoms with Gasteiger partial charge in [-0.2, -0.15) is 22.7 Å². The van der Waals surface area contributed by atoms with Crippen LogP contribution in [0.3, 0.4) is 0 Å². The van der Waals surface area contributed by atoms with Gasteiger partial charge in [0.1, 0.15) is 0 Å². The SMILES string of the molecule is c1ccc([Si](c2ccccc2)(c2cccs2)c2cccs2)cc1. The first kappa shape index (κ1) is 14.6. The summed E-state index contributed by atoms with van der Waals surface area (Å²) in [6, 6.07) is 31.1. The Kier molecular flexibility index (Phi) is 4.00. The fraction of sp³-hybridized carbons (Fsp3) is 0. The van der Waals surface area contributed by atoms with Crippen LogP contribution in [0.4, 0.5) is 0 Å². The molecule has 0 amide bonds. The Morgan fingerprint density at radius 1 is 0.478 bits per heavy atom. The van der Waals surface area contributed by atoms with Crippen molar-refractivity contribution < 1.29 is 0 Å². The van der Waals surface area contributed by atoms with E-state index in [1.807, 2.05) is 22.7 Å². The van der Waals surface area contributed by atoms with E-state index in [0.717, 1.165) is 0 Å². The molecule has 2 aromatic heterocycles. The summed E-state index contributed by atoms with van der Waals surface area (Å²) in [5.74, 6) is 0. The van der Waals surface area contributed by atoms with Gasteiger partial charge in [-0.1, -0.05) is 84.9 Å². The highest BCUT2D eigenvalue weighted by Gasteiger charge is 2.43. The molecule has 23 heavy (non-hydrogen) atoms. The lowest BCUT2D eigenvalue weighted by Crippen LogP contribution is -2.73. The van der Waals surface area contributed by atoms with Gasteiger partial charge >= 0.3 is 0 Å². The van der Waals surface area contributed by atoms with E-state index < -0.39 is 8.07 Å². The van der Waals surface area contributed by atoms with Crippen LogP contribution < -0.4 is 19.4 Å². The summed E-state index contributed by atoms with van der Waals surface area (Å²) in [7, 11) is -2.16. The summed E-state index contributed by atoms with van der Waals surface area (Å²) in [5, 5.41) is 7.32. The lowest BCUT2D eigenvalue weighted by molar-refractivity contribution is 1.71. The molecule has 0 fully saturated rings. The van der Waals surface area contributed by atoms with Crippen molar-refractivity contribution >= 4 is 50.1 Å². The second kappa shape index (κ2) is 6.28. The molecule has 0 aliphatic carbocycles. The Balaban J connectivity index is 2.11. The molecule has 0 aliphatic rings. The average molecular weight is 349 g/mol. The maximum absolute atomic E-state index is 2.32. The topological polar surface area (TPSA) is 0 Å². The number of hydrogen-bond acceptors (Lipinski definition) is 2. The predicted octanol–water partition coefficient (Wildman–Crippen LogP) is 3.19. The van der Waals surface area contributed by atoms with Gasteiger partial charge in [0.25, 0.3) is 0 Å². The van der Waals surface area contributed by atoms with E-state index in [2.05, 4.69) is 95.7 Å². The van der Waals surface area contributed by atoms with Crippen molar-refractivity contribution in [1.82, 2.24) is 0 Å². The lowest BCUT2D eigenvalue weighted by Gasteiger charge is -2.31. The summed E-state index contributed by atoms with van der Waals surface area (Å²) >= 11 is 3.77. The third kappa shape index (κ3) is 2.41. The van der Waals surface area contributed by atoms with Gasteiger partial charge in [-0.25, -0.2) is 0 Å². The molecule has 0 radical (unpaired) electrons. The third-order valence-electron chi connectivity index (χ3n) is 4.20. The zero-order valence-electron chi connectivity index (χ0n) is 12.6. The van der Waals surface area contributed by atoms with Crippen molar-refractivity contribution in [1.29, 1.82) is 0 Å². The van der Waals surface area contributed by atoms with Crippen molar-refractivity contribution in [3.63, 3.8) is 0 Å². The standard InChI is InChI=1S/C20H16S2Si/c1-3-9-17(10-4-1)23(19-13-7-15-21-19,20-14-8-16-22-20)18-11-5-2-6-12-18/h1-16H. The molecule has 0 spiro atoms. The maximum Gasteiger partial charge on any atom is 0.201 e. The van der Waals surface area contributed by atoms with Crippen LogP contribution in [0.25, 0.3) is 0 Å². The Hall–Kier alpha value is -1.94. The molecule has 4 rings (SSSR count). The predicted molar refractivity (Wildman–Crippen MR) is 106 cm³/mol. The van der Waals surface area contributed by atoms with Gasteiger partial charge in [0.2, 0.25) is 8.07 Å². The number of rotatable bonds is 4. The molecule has 0 nitrogen and oxygen atoms in total. The van der Waals surface area contributed by atoms with E-state index >= 15 is 0 Å². The van der Waals surface area contributed by atoms with E-state index in [0.29, 0.717) is 0 Å². The monoisotopic (exact) mass is 348 g/mol. The molecular formula is C20H16S2Si. The number of thiophene rings is 2. The van der Waals surface area contributed by atoms with Crippen molar-refractivity contribution in [2.75, 3.05) is 0 Å². The summed E-state index contributed by atoms with van der Waals surface area (Å²) in [6.07, 6.45) is 0. The van der Waals surface area contributed by atoms with Crippen molar-refractivity contribution in [3.05, 3.63) is 95.7 Å². The largest absolute Gasteiger partial charge is 0.201 e. The van der Waals surface area contributed by atoms with Crippen molar-refractivity contribution in [3.8, 4) is 0 Å². The lowest BCUT2D eigenvalue weighted by atomic mass is 10.4. The molecule has 112 valence electrons. The van der Waals surface area contributed by atoms with Crippen LogP contribution in [0.15, 0.2) is 95.7 Å². The van der Waals surface area contributed by atoms with Crippen LogP contribution in [-0.2, 0) is 0 Å². The Morgan fingerprint density at radius 2 is 0.913 bits per heavy atom. The van der Waals surface area contributed by atoms with Gasteiger partial charge in [0.15, 0.2) is 0 Å².